The molecular weight excluding hydrogens is 412 g/mol. The molecule has 0 aliphatic carbocycles. The summed E-state index contributed by atoms with van der Waals surface area (Å²) in [5, 5.41) is 2.36. The Labute approximate surface area is 178 Å². The molecule has 168 valence electrons. The highest BCUT2D eigenvalue weighted by Gasteiger charge is 2.54. The molecule has 0 radical (unpaired) electrons. The Morgan fingerprint density at radius 3 is 2.55 bits per heavy atom. The fourth-order valence-electron chi connectivity index (χ4n) is 2.86. The predicted octanol–water partition coefficient (Wildman–Crippen LogP) is 0.798. The number of primary amides is 1. The Morgan fingerprint density at radius 2 is 1.94 bits per heavy atom. The van der Waals surface area contributed by atoms with E-state index < -0.39 is 48.7 Å². The molecular formula is C19H24N4O8. The van der Waals surface area contributed by atoms with Gasteiger partial charge in [0.25, 0.3) is 0 Å². The van der Waals surface area contributed by atoms with Crippen LogP contribution in [0.5, 0.6) is 0 Å². The Balaban J connectivity index is 1.99. The SMILES string of the molecule is CCOC(=O)C1[C@@H](Cc2ccnc(NC(=O)OCOC(=O)C(C)C)c2)C(=O)N1C(N)=O. The number of amides is 4. The summed E-state index contributed by atoms with van der Waals surface area (Å²) in [6, 6.07) is 0.917. The maximum atomic E-state index is 12.3. The van der Waals surface area contributed by atoms with Gasteiger partial charge in [0, 0.05) is 6.20 Å². The minimum atomic E-state index is -1.12. The number of aromatic nitrogens is 1. The molecule has 4 amide bonds. The molecule has 2 rings (SSSR count). The minimum absolute atomic E-state index is 0.0841. The van der Waals surface area contributed by atoms with E-state index in [0.29, 0.717) is 10.5 Å². The average molecular weight is 436 g/mol. The molecule has 1 aromatic rings. The third kappa shape index (κ3) is 5.90. The van der Waals surface area contributed by atoms with E-state index in [4.69, 9.17) is 19.9 Å². The topological polar surface area (TPSA) is 167 Å². The molecule has 0 saturated carbocycles. The Kier molecular flexibility index (Phi) is 7.88. The second kappa shape index (κ2) is 10.4. The number of anilines is 1. The van der Waals surface area contributed by atoms with Crippen molar-refractivity contribution in [2.45, 2.75) is 33.2 Å². The van der Waals surface area contributed by atoms with Gasteiger partial charge in [-0.05, 0) is 31.0 Å². The number of β-lactam (4-membered cyclic amide) rings is 1. The monoisotopic (exact) mass is 436 g/mol. The van der Waals surface area contributed by atoms with Gasteiger partial charge in [-0.25, -0.2) is 24.3 Å². The lowest BCUT2D eigenvalue weighted by Gasteiger charge is -2.42. The van der Waals surface area contributed by atoms with Crippen LogP contribution in [0, 0.1) is 11.8 Å². The van der Waals surface area contributed by atoms with Crippen LogP contribution in [0.15, 0.2) is 18.3 Å². The Bertz CT molecular complexity index is 872. The van der Waals surface area contributed by atoms with Crippen LogP contribution in [0.4, 0.5) is 15.4 Å². The van der Waals surface area contributed by atoms with Gasteiger partial charge in [-0.15, -0.1) is 0 Å². The average Bonchev–Trinajstić information content (AvgIpc) is 2.69. The van der Waals surface area contributed by atoms with Crippen LogP contribution in [0.3, 0.4) is 0 Å². The van der Waals surface area contributed by atoms with E-state index in [2.05, 4.69) is 10.3 Å². The Hall–Kier alpha value is -3.70. The van der Waals surface area contributed by atoms with Gasteiger partial charge in [0.2, 0.25) is 12.7 Å². The molecule has 1 unspecified atom stereocenters. The number of carbonyl (C=O) groups excluding carboxylic acids is 5. The van der Waals surface area contributed by atoms with Gasteiger partial charge >= 0.3 is 24.1 Å². The number of likely N-dealkylation sites (tertiary alicyclic amines) is 1. The molecule has 0 bridgehead atoms. The molecule has 3 N–H and O–H groups in total. The Morgan fingerprint density at radius 1 is 1.23 bits per heavy atom. The summed E-state index contributed by atoms with van der Waals surface area (Å²) >= 11 is 0. The first-order chi connectivity index (χ1) is 14.6. The fourth-order valence-corrected chi connectivity index (χ4v) is 2.86. The summed E-state index contributed by atoms with van der Waals surface area (Å²) in [6.45, 7) is 4.41. The molecule has 1 aromatic heterocycles. The number of urea groups is 1. The number of pyridine rings is 1. The second-order valence-electron chi connectivity index (χ2n) is 6.90. The maximum Gasteiger partial charge on any atom is 0.415 e. The van der Waals surface area contributed by atoms with E-state index in [9.17, 15) is 24.0 Å². The minimum Gasteiger partial charge on any atom is -0.464 e. The highest BCUT2D eigenvalue weighted by molar-refractivity contribution is 6.07. The highest BCUT2D eigenvalue weighted by atomic mass is 16.7. The molecule has 0 spiro atoms. The number of nitrogens with two attached hydrogens (primary N) is 1. The molecule has 12 nitrogen and oxygen atoms in total. The van der Waals surface area contributed by atoms with Crippen molar-refractivity contribution in [3.05, 3.63) is 23.9 Å². The maximum absolute atomic E-state index is 12.3. The molecule has 1 fully saturated rings. The molecule has 12 heteroatoms. The van der Waals surface area contributed by atoms with Gasteiger partial charge in [-0.3, -0.25) is 14.9 Å². The summed E-state index contributed by atoms with van der Waals surface area (Å²) in [5.74, 6) is -2.92. The van der Waals surface area contributed by atoms with Crippen molar-refractivity contribution in [2.24, 2.45) is 17.6 Å². The number of hydrogen-bond acceptors (Lipinski definition) is 9. The van der Waals surface area contributed by atoms with Crippen LogP contribution in [0.2, 0.25) is 0 Å². The molecule has 1 aliphatic heterocycles. The van der Waals surface area contributed by atoms with Crippen molar-refractivity contribution < 1.29 is 38.2 Å². The van der Waals surface area contributed by atoms with Crippen LogP contribution in [-0.4, -0.2) is 59.3 Å². The van der Waals surface area contributed by atoms with Crippen LogP contribution in [0.25, 0.3) is 0 Å². The van der Waals surface area contributed by atoms with Crippen molar-refractivity contribution in [1.29, 1.82) is 0 Å². The third-order valence-electron chi connectivity index (χ3n) is 4.35. The first kappa shape index (κ1) is 23.6. The normalized spacial score (nSPS) is 17.5. The first-order valence-electron chi connectivity index (χ1n) is 9.50. The molecule has 2 atom stereocenters. The van der Waals surface area contributed by atoms with Crippen LogP contribution >= 0.6 is 0 Å². The number of ether oxygens (including phenoxy) is 3. The lowest BCUT2D eigenvalue weighted by molar-refractivity contribution is -0.168. The number of hydrogen-bond donors (Lipinski definition) is 2. The van der Waals surface area contributed by atoms with E-state index in [1.54, 1.807) is 26.8 Å². The largest absolute Gasteiger partial charge is 0.464 e. The lowest BCUT2D eigenvalue weighted by Crippen LogP contribution is -2.68. The lowest BCUT2D eigenvalue weighted by atomic mass is 9.82. The summed E-state index contributed by atoms with van der Waals surface area (Å²) < 4.78 is 14.4. The number of imide groups is 1. The molecule has 2 heterocycles. The highest BCUT2D eigenvalue weighted by Crippen LogP contribution is 2.31. The van der Waals surface area contributed by atoms with Gasteiger partial charge in [-0.1, -0.05) is 13.8 Å². The van der Waals surface area contributed by atoms with E-state index in [-0.39, 0.29) is 24.8 Å². The van der Waals surface area contributed by atoms with Crippen molar-refractivity contribution in [1.82, 2.24) is 9.88 Å². The van der Waals surface area contributed by atoms with Crippen molar-refractivity contribution in [2.75, 3.05) is 18.7 Å². The van der Waals surface area contributed by atoms with E-state index in [1.807, 2.05) is 0 Å². The number of esters is 2. The van der Waals surface area contributed by atoms with Crippen LogP contribution in [0.1, 0.15) is 26.3 Å². The van der Waals surface area contributed by atoms with E-state index in [1.165, 1.54) is 12.3 Å². The number of nitrogens with zero attached hydrogens (tertiary/aromatic N) is 2. The smallest absolute Gasteiger partial charge is 0.415 e. The zero-order valence-electron chi connectivity index (χ0n) is 17.3. The molecule has 31 heavy (non-hydrogen) atoms. The fraction of sp³-hybridized carbons (Fsp3) is 0.474. The zero-order valence-corrected chi connectivity index (χ0v) is 17.3. The van der Waals surface area contributed by atoms with Crippen molar-refractivity contribution in [3.8, 4) is 0 Å². The van der Waals surface area contributed by atoms with Gasteiger partial charge < -0.3 is 19.9 Å². The standard InChI is InChI=1S/C19H24N4O8/c1-4-29-17(26)14-12(15(24)23(14)18(20)27)7-11-5-6-21-13(8-11)22-19(28)31-9-30-16(25)10(2)3/h5-6,8,10,12,14H,4,7,9H2,1-3H3,(H2,20,27)(H,21,22,28)/t12-,14?/m1/s1. The van der Waals surface area contributed by atoms with Gasteiger partial charge in [0.1, 0.15) is 5.82 Å². The zero-order chi connectivity index (χ0) is 23.1. The quantitative estimate of drug-likeness (QED) is 0.340. The number of nitrogens with one attached hydrogen (secondary N) is 1. The number of rotatable bonds is 8. The molecule has 0 aromatic carbocycles. The van der Waals surface area contributed by atoms with Gasteiger partial charge in [0.05, 0.1) is 18.4 Å². The van der Waals surface area contributed by atoms with Crippen LogP contribution < -0.4 is 11.1 Å². The van der Waals surface area contributed by atoms with E-state index >= 15 is 0 Å². The summed E-state index contributed by atoms with van der Waals surface area (Å²) in [6.07, 6.45) is 0.577. The summed E-state index contributed by atoms with van der Waals surface area (Å²) in [7, 11) is 0. The summed E-state index contributed by atoms with van der Waals surface area (Å²) in [5.41, 5.74) is 5.74. The van der Waals surface area contributed by atoms with E-state index in [0.717, 1.165) is 0 Å². The third-order valence-corrected chi connectivity index (χ3v) is 4.35. The number of carbonyl (C=O) groups is 5. The van der Waals surface area contributed by atoms with Gasteiger partial charge in [0.15, 0.2) is 6.04 Å². The van der Waals surface area contributed by atoms with Crippen molar-refractivity contribution >= 4 is 35.8 Å². The first-order valence-corrected chi connectivity index (χ1v) is 9.50. The van der Waals surface area contributed by atoms with Crippen molar-refractivity contribution in [3.63, 3.8) is 0 Å². The predicted molar refractivity (Wildman–Crippen MR) is 104 cm³/mol. The molecule has 1 saturated heterocycles. The van der Waals surface area contributed by atoms with Gasteiger partial charge in [-0.2, -0.15) is 0 Å². The van der Waals surface area contributed by atoms with Crippen LogP contribution in [-0.2, 0) is 35.0 Å². The second-order valence-corrected chi connectivity index (χ2v) is 6.90. The molecule has 1 aliphatic rings. The summed E-state index contributed by atoms with van der Waals surface area (Å²) in [4.78, 5) is 63.7.